The summed E-state index contributed by atoms with van der Waals surface area (Å²) in [5.74, 6) is 0. The minimum atomic E-state index is -0.481. The molecule has 0 aliphatic heterocycles. The summed E-state index contributed by atoms with van der Waals surface area (Å²) in [5.41, 5.74) is 28.9. The Morgan fingerprint density at radius 3 is 1.18 bits per heavy atom. The standard InChI is InChI=1S/C67H49N/c1-65(2)53-33-13-8-27-50(53)62-47(29-20-37-57(62)65)45-25-10-17-39-59(45)68(60-40-18-11-26-46(60)49-31-19-30-48-44-24-5-12-32-52(44)66(3,4)64(48)49)61-41-21-38-58-63(61)51-28-9-16-36-56(51)67(58)54-34-14-6-22-42(54)43-23-7-15-35-55(43)67/h5-41H,1-4H3. The van der Waals surface area contributed by atoms with Crippen LogP contribution >= 0.6 is 0 Å². The highest BCUT2D eigenvalue weighted by atomic mass is 15.2. The summed E-state index contributed by atoms with van der Waals surface area (Å²) < 4.78 is 0. The molecule has 4 aliphatic rings. The Hall–Kier alpha value is -8.00. The fourth-order valence-corrected chi connectivity index (χ4v) is 13.5. The van der Waals surface area contributed by atoms with Crippen LogP contribution in [0, 0.1) is 0 Å². The van der Waals surface area contributed by atoms with Gasteiger partial charge in [0.2, 0.25) is 0 Å². The third-order valence-electron chi connectivity index (χ3n) is 16.3. The Balaban J connectivity index is 1.09. The normalized spacial score (nSPS) is 15.1. The first-order valence-electron chi connectivity index (χ1n) is 24.2. The second kappa shape index (κ2) is 14.0. The molecule has 1 nitrogen and oxygen atoms in total. The van der Waals surface area contributed by atoms with Gasteiger partial charge in [0, 0.05) is 27.5 Å². The maximum atomic E-state index is 2.63. The van der Waals surface area contributed by atoms with Gasteiger partial charge in [0.25, 0.3) is 0 Å². The molecule has 14 rings (SSSR count). The molecule has 0 aromatic heterocycles. The van der Waals surface area contributed by atoms with Crippen LogP contribution in [-0.2, 0) is 16.2 Å². The van der Waals surface area contributed by atoms with Crippen molar-refractivity contribution >= 4 is 17.1 Å². The third kappa shape index (κ3) is 4.96. The molecular weight excluding hydrogens is 819 g/mol. The number of hydrogen-bond acceptors (Lipinski definition) is 1. The molecule has 0 bridgehead atoms. The predicted molar refractivity (Wildman–Crippen MR) is 283 cm³/mol. The number of anilines is 3. The van der Waals surface area contributed by atoms with Crippen LogP contribution in [0.15, 0.2) is 224 Å². The summed E-state index contributed by atoms with van der Waals surface area (Å²) in [5, 5.41) is 0. The van der Waals surface area contributed by atoms with Crippen molar-refractivity contribution in [2.24, 2.45) is 0 Å². The van der Waals surface area contributed by atoms with Crippen LogP contribution in [-0.4, -0.2) is 0 Å². The number of fused-ring (bicyclic) bond motifs is 16. The van der Waals surface area contributed by atoms with Gasteiger partial charge in [0.05, 0.1) is 22.5 Å². The molecule has 10 aromatic rings. The van der Waals surface area contributed by atoms with E-state index < -0.39 is 5.41 Å². The van der Waals surface area contributed by atoms with Crippen LogP contribution in [0.25, 0.3) is 66.8 Å². The van der Waals surface area contributed by atoms with Gasteiger partial charge in [-0.3, -0.25) is 0 Å². The number of rotatable bonds is 5. The fourth-order valence-electron chi connectivity index (χ4n) is 13.5. The molecule has 1 spiro atoms. The first kappa shape index (κ1) is 39.2. The fraction of sp³-hybridized carbons (Fsp3) is 0.104. The molecule has 0 heterocycles. The van der Waals surface area contributed by atoms with Gasteiger partial charge in [-0.05, 0) is 113 Å². The van der Waals surface area contributed by atoms with Gasteiger partial charge in [-0.15, -0.1) is 0 Å². The highest BCUT2D eigenvalue weighted by Crippen LogP contribution is 2.65. The molecule has 0 atom stereocenters. The topological polar surface area (TPSA) is 3.24 Å². The quantitative estimate of drug-likeness (QED) is 0.167. The van der Waals surface area contributed by atoms with Crippen molar-refractivity contribution in [2.75, 3.05) is 4.90 Å². The lowest BCUT2D eigenvalue weighted by atomic mass is 9.70. The predicted octanol–water partition coefficient (Wildman–Crippen LogP) is 17.4. The van der Waals surface area contributed by atoms with Crippen molar-refractivity contribution in [3.8, 4) is 66.8 Å². The molecule has 10 aromatic carbocycles. The molecule has 0 N–H and O–H groups in total. The lowest BCUT2D eigenvalue weighted by Gasteiger charge is -2.34. The zero-order valence-corrected chi connectivity index (χ0v) is 38.8. The maximum Gasteiger partial charge on any atom is 0.0726 e. The van der Waals surface area contributed by atoms with E-state index in [0.29, 0.717) is 0 Å². The van der Waals surface area contributed by atoms with E-state index in [1.807, 2.05) is 0 Å². The molecule has 0 saturated carbocycles. The van der Waals surface area contributed by atoms with E-state index in [-0.39, 0.29) is 10.8 Å². The smallest absolute Gasteiger partial charge is 0.0726 e. The van der Waals surface area contributed by atoms with E-state index in [1.165, 1.54) is 111 Å². The van der Waals surface area contributed by atoms with Crippen LogP contribution in [0.3, 0.4) is 0 Å². The van der Waals surface area contributed by atoms with Gasteiger partial charge < -0.3 is 4.90 Å². The summed E-state index contributed by atoms with van der Waals surface area (Å²) in [6.45, 7) is 9.58. The SMILES string of the molecule is CC1(C)c2ccccc2-c2c(-c3ccccc3N(c3ccccc3-c3cccc4c3C(C)(C)c3ccccc3-4)c3cccc4c3-c3ccccc3C43c4ccccc4-c4ccccc43)cccc21. The van der Waals surface area contributed by atoms with Crippen LogP contribution in [0.1, 0.15) is 72.2 Å². The molecule has 0 amide bonds. The van der Waals surface area contributed by atoms with Crippen LogP contribution < -0.4 is 4.90 Å². The first-order chi connectivity index (χ1) is 33.3. The molecular formula is C67H49N. The Bertz CT molecular complexity index is 3720. The Morgan fingerprint density at radius 1 is 0.235 bits per heavy atom. The third-order valence-corrected chi connectivity index (χ3v) is 16.3. The van der Waals surface area contributed by atoms with E-state index in [0.717, 1.165) is 17.1 Å². The Kier molecular flexibility index (Phi) is 8.08. The van der Waals surface area contributed by atoms with Gasteiger partial charge >= 0.3 is 0 Å². The minimum Gasteiger partial charge on any atom is -0.309 e. The van der Waals surface area contributed by atoms with Crippen molar-refractivity contribution in [3.63, 3.8) is 0 Å². The summed E-state index contributed by atoms with van der Waals surface area (Å²) in [7, 11) is 0. The van der Waals surface area contributed by atoms with Gasteiger partial charge in [-0.2, -0.15) is 0 Å². The van der Waals surface area contributed by atoms with Crippen molar-refractivity contribution in [1.29, 1.82) is 0 Å². The van der Waals surface area contributed by atoms with Gasteiger partial charge in [-0.1, -0.05) is 234 Å². The van der Waals surface area contributed by atoms with E-state index in [4.69, 9.17) is 0 Å². The number of hydrogen-bond donors (Lipinski definition) is 0. The van der Waals surface area contributed by atoms with Gasteiger partial charge in [0.1, 0.15) is 0 Å². The largest absolute Gasteiger partial charge is 0.309 e. The second-order valence-electron chi connectivity index (χ2n) is 20.3. The molecule has 0 radical (unpaired) electrons. The van der Waals surface area contributed by atoms with Crippen molar-refractivity contribution in [2.45, 2.75) is 43.9 Å². The van der Waals surface area contributed by atoms with E-state index in [1.54, 1.807) is 0 Å². The molecule has 0 saturated heterocycles. The molecule has 0 unspecified atom stereocenters. The Labute approximate surface area is 399 Å². The zero-order chi connectivity index (χ0) is 45.5. The molecule has 322 valence electrons. The zero-order valence-electron chi connectivity index (χ0n) is 38.8. The van der Waals surface area contributed by atoms with Crippen LogP contribution in [0.2, 0.25) is 0 Å². The molecule has 1 heteroatoms. The molecule has 0 fully saturated rings. The summed E-state index contributed by atoms with van der Waals surface area (Å²) in [6.07, 6.45) is 0. The maximum absolute atomic E-state index is 2.63. The van der Waals surface area contributed by atoms with Crippen LogP contribution in [0.4, 0.5) is 17.1 Å². The number of benzene rings is 10. The lowest BCUT2D eigenvalue weighted by molar-refractivity contribution is 0.660. The van der Waals surface area contributed by atoms with Crippen molar-refractivity contribution in [3.05, 3.63) is 269 Å². The van der Waals surface area contributed by atoms with E-state index in [2.05, 4.69) is 257 Å². The lowest BCUT2D eigenvalue weighted by Crippen LogP contribution is -2.26. The monoisotopic (exact) mass is 867 g/mol. The minimum absolute atomic E-state index is 0.132. The van der Waals surface area contributed by atoms with Crippen LogP contribution in [0.5, 0.6) is 0 Å². The summed E-state index contributed by atoms with van der Waals surface area (Å²) >= 11 is 0. The summed E-state index contributed by atoms with van der Waals surface area (Å²) in [6, 6.07) is 85.0. The van der Waals surface area contributed by atoms with Gasteiger partial charge in [0.15, 0.2) is 0 Å². The van der Waals surface area contributed by atoms with Gasteiger partial charge in [-0.25, -0.2) is 0 Å². The average Bonchev–Trinajstić information content (AvgIpc) is 4.03. The van der Waals surface area contributed by atoms with E-state index in [9.17, 15) is 0 Å². The molecule has 68 heavy (non-hydrogen) atoms. The highest BCUT2D eigenvalue weighted by Gasteiger charge is 2.52. The number of nitrogens with zero attached hydrogens (tertiary/aromatic N) is 1. The number of para-hydroxylation sites is 2. The van der Waals surface area contributed by atoms with Crippen molar-refractivity contribution < 1.29 is 0 Å². The average molecular weight is 868 g/mol. The van der Waals surface area contributed by atoms with Crippen molar-refractivity contribution in [1.82, 2.24) is 0 Å². The molecule has 4 aliphatic carbocycles. The Morgan fingerprint density at radius 2 is 0.574 bits per heavy atom. The highest BCUT2D eigenvalue weighted by molar-refractivity contribution is 6.06. The summed E-state index contributed by atoms with van der Waals surface area (Å²) in [4.78, 5) is 2.63. The first-order valence-corrected chi connectivity index (χ1v) is 24.2. The van der Waals surface area contributed by atoms with E-state index >= 15 is 0 Å². The second-order valence-corrected chi connectivity index (χ2v) is 20.3.